The molecule has 0 aromatic heterocycles. The van der Waals surface area contributed by atoms with Gasteiger partial charge in [0.15, 0.2) is 0 Å². The predicted molar refractivity (Wildman–Crippen MR) is 133 cm³/mol. The molecule has 2 amide bonds. The summed E-state index contributed by atoms with van der Waals surface area (Å²) in [5.74, 6) is -0.691. The van der Waals surface area contributed by atoms with Crippen molar-refractivity contribution in [3.05, 3.63) is 11.6 Å². The van der Waals surface area contributed by atoms with Gasteiger partial charge in [0.2, 0.25) is 11.8 Å². The van der Waals surface area contributed by atoms with Crippen LogP contribution in [0.3, 0.4) is 0 Å². The Balaban J connectivity index is 3.17. The maximum absolute atomic E-state index is 13.6. The Morgan fingerprint density at radius 3 is 2.15 bits per heavy atom. The van der Waals surface area contributed by atoms with Crippen LogP contribution in [0, 0.1) is 17.3 Å². The number of nitrogens with one attached hydrogen (secondary N) is 1. The number of carbonyl (C=O) groups is 3. The minimum Gasteiger partial charge on any atom is -0.478 e. The SMILES string of the molecule is CCC1CC[C@@H](C(=O)NC(C(=O)N(C)[C@H](/C=C(\C)C(=O)O)C(C)C)C(C)(C)C)N(C(C)C)C1. The number of piperidine rings is 1. The molecule has 1 aliphatic heterocycles. The minimum atomic E-state index is -1.00. The van der Waals surface area contributed by atoms with Crippen molar-refractivity contribution in [2.75, 3.05) is 13.6 Å². The maximum atomic E-state index is 13.6. The van der Waals surface area contributed by atoms with Gasteiger partial charge in [0.25, 0.3) is 0 Å². The third-order valence-corrected chi connectivity index (χ3v) is 6.90. The van der Waals surface area contributed by atoms with Gasteiger partial charge >= 0.3 is 5.97 Å². The van der Waals surface area contributed by atoms with Crippen LogP contribution in [0.5, 0.6) is 0 Å². The number of likely N-dealkylation sites (tertiary alicyclic amines) is 1. The average Bonchev–Trinajstić information content (AvgIpc) is 2.72. The standard InChI is InChI=1S/C26H47N3O4/c1-11-19-12-13-20(29(15-19)17(4)5)23(30)27-22(26(7,8)9)24(31)28(10)21(16(2)3)14-18(6)25(32)33/h14,16-17,19-22H,11-13,15H2,1-10H3,(H,27,30)(H,32,33)/b18-14+/t19?,20-,21+,22?/m0/s1. The number of carbonyl (C=O) groups excluding carboxylic acids is 2. The zero-order valence-electron chi connectivity index (χ0n) is 22.4. The van der Waals surface area contributed by atoms with Gasteiger partial charge in [0, 0.05) is 25.2 Å². The summed E-state index contributed by atoms with van der Waals surface area (Å²) in [6, 6.07) is -1.10. The zero-order valence-corrected chi connectivity index (χ0v) is 22.4. The molecule has 33 heavy (non-hydrogen) atoms. The van der Waals surface area contributed by atoms with Gasteiger partial charge in [-0.05, 0) is 50.9 Å². The molecule has 0 aromatic rings. The fourth-order valence-corrected chi connectivity index (χ4v) is 4.58. The van der Waals surface area contributed by atoms with E-state index in [0.29, 0.717) is 5.92 Å². The second kappa shape index (κ2) is 12.0. The van der Waals surface area contributed by atoms with Crippen molar-refractivity contribution in [1.82, 2.24) is 15.1 Å². The van der Waals surface area contributed by atoms with E-state index in [1.165, 1.54) is 6.92 Å². The molecule has 190 valence electrons. The number of hydrogen-bond donors (Lipinski definition) is 2. The summed E-state index contributed by atoms with van der Waals surface area (Å²) in [5, 5.41) is 12.4. The van der Waals surface area contributed by atoms with Gasteiger partial charge in [0.05, 0.1) is 12.1 Å². The molecule has 1 heterocycles. The Bertz CT molecular complexity index is 724. The number of rotatable bonds is 9. The van der Waals surface area contributed by atoms with Gasteiger partial charge in [-0.3, -0.25) is 14.5 Å². The molecule has 2 N–H and O–H groups in total. The lowest BCUT2D eigenvalue weighted by molar-refractivity contribution is -0.142. The molecule has 0 aliphatic carbocycles. The first kappa shape index (κ1) is 29.1. The van der Waals surface area contributed by atoms with Crippen molar-refractivity contribution in [3.63, 3.8) is 0 Å². The van der Waals surface area contributed by atoms with Crippen LogP contribution in [0.4, 0.5) is 0 Å². The molecule has 0 spiro atoms. The van der Waals surface area contributed by atoms with Gasteiger partial charge in [-0.1, -0.05) is 54.0 Å². The first-order chi connectivity index (χ1) is 15.1. The van der Waals surface area contributed by atoms with Crippen molar-refractivity contribution < 1.29 is 19.5 Å². The molecular weight excluding hydrogens is 418 g/mol. The summed E-state index contributed by atoms with van der Waals surface area (Å²) < 4.78 is 0. The Morgan fingerprint density at radius 2 is 1.73 bits per heavy atom. The van der Waals surface area contributed by atoms with E-state index in [1.54, 1.807) is 18.0 Å². The molecule has 0 bridgehead atoms. The first-order valence-corrected chi connectivity index (χ1v) is 12.4. The van der Waals surface area contributed by atoms with Gasteiger partial charge in [-0.25, -0.2) is 4.79 Å². The van der Waals surface area contributed by atoms with E-state index >= 15 is 0 Å². The van der Waals surface area contributed by atoms with Crippen LogP contribution in [0.2, 0.25) is 0 Å². The highest BCUT2D eigenvalue weighted by Crippen LogP contribution is 2.28. The van der Waals surface area contributed by atoms with Crippen LogP contribution in [-0.2, 0) is 14.4 Å². The zero-order chi connectivity index (χ0) is 25.7. The van der Waals surface area contributed by atoms with Crippen LogP contribution in [0.15, 0.2) is 11.6 Å². The highest BCUT2D eigenvalue weighted by molar-refractivity contribution is 5.91. The van der Waals surface area contributed by atoms with E-state index in [-0.39, 0.29) is 41.4 Å². The van der Waals surface area contributed by atoms with Crippen molar-refractivity contribution in [2.24, 2.45) is 17.3 Å². The van der Waals surface area contributed by atoms with Gasteiger partial charge < -0.3 is 15.3 Å². The summed E-state index contributed by atoms with van der Waals surface area (Å²) in [7, 11) is 1.69. The lowest BCUT2D eigenvalue weighted by Gasteiger charge is -2.43. The molecule has 0 saturated carbocycles. The van der Waals surface area contributed by atoms with Crippen molar-refractivity contribution in [1.29, 1.82) is 0 Å². The van der Waals surface area contributed by atoms with Crippen molar-refractivity contribution in [3.8, 4) is 0 Å². The lowest BCUT2D eigenvalue weighted by Crippen LogP contribution is -2.61. The second-order valence-electron chi connectivity index (χ2n) is 11.3. The van der Waals surface area contributed by atoms with E-state index in [0.717, 1.165) is 25.8 Å². The molecule has 4 atom stereocenters. The van der Waals surface area contributed by atoms with E-state index in [2.05, 4.69) is 31.0 Å². The fraction of sp³-hybridized carbons (Fsp3) is 0.808. The summed E-state index contributed by atoms with van der Waals surface area (Å²) in [5.41, 5.74) is -0.304. The van der Waals surface area contributed by atoms with Crippen molar-refractivity contribution in [2.45, 2.75) is 106 Å². The molecule has 0 radical (unpaired) electrons. The minimum absolute atomic E-state index is 0.0188. The fourth-order valence-electron chi connectivity index (χ4n) is 4.58. The Hall–Kier alpha value is -1.89. The van der Waals surface area contributed by atoms with E-state index < -0.39 is 17.4 Å². The molecule has 1 rings (SSSR count). The molecule has 7 heteroatoms. The number of amides is 2. The molecular formula is C26H47N3O4. The average molecular weight is 466 g/mol. The quantitative estimate of drug-likeness (QED) is 0.504. The third kappa shape index (κ3) is 7.83. The highest BCUT2D eigenvalue weighted by atomic mass is 16.4. The summed E-state index contributed by atoms with van der Waals surface area (Å²) in [6.07, 6.45) is 4.53. The maximum Gasteiger partial charge on any atom is 0.331 e. The number of likely N-dealkylation sites (N-methyl/N-ethyl adjacent to an activating group) is 1. The second-order valence-corrected chi connectivity index (χ2v) is 11.3. The van der Waals surface area contributed by atoms with Gasteiger partial charge in [-0.2, -0.15) is 0 Å². The molecule has 2 unspecified atom stereocenters. The van der Waals surface area contributed by atoms with Crippen LogP contribution in [0.1, 0.15) is 81.6 Å². The molecule has 1 aliphatic rings. The Morgan fingerprint density at radius 1 is 1.15 bits per heavy atom. The number of carboxylic acids is 1. The first-order valence-electron chi connectivity index (χ1n) is 12.4. The van der Waals surface area contributed by atoms with Crippen LogP contribution in [0.25, 0.3) is 0 Å². The predicted octanol–water partition coefficient (Wildman–Crippen LogP) is 3.93. The normalized spacial score (nSPS) is 22.2. The summed E-state index contributed by atoms with van der Waals surface area (Å²) >= 11 is 0. The third-order valence-electron chi connectivity index (χ3n) is 6.90. The van der Waals surface area contributed by atoms with Crippen LogP contribution in [-0.4, -0.2) is 70.4 Å². The molecule has 7 nitrogen and oxygen atoms in total. The van der Waals surface area contributed by atoms with E-state index in [1.807, 2.05) is 34.6 Å². The van der Waals surface area contributed by atoms with Gasteiger partial charge in [-0.15, -0.1) is 0 Å². The number of aliphatic carboxylic acids is 1. The molecule has 1 fully saturated rings. The van der Waals surface area contributed by atoms with Gasteiger partial charge in [0.1, 0.15) is 6.04 Å². The Kier molecular flexibility index (Phi) is 10.6. The van der Waals surface area contributed by atoms with E-state index in [9.17, 15) is 19.5 Å². The van der Waals surface area contributed by atoms with Crippen LogP contribution >= 0.6 is 0 Å². The number of carboxylic acid groups (broad SMARTS) is 1. The highest BCUT2D eigenvalue weighted by Gasteiger charge is 2.40. The smallest absolute Gasteiger partial charge is 0.331 e. The van der Waals surface area contributed by atoms with E-state index in [4.69, 9.17) is 0 Å². The van der Waals surface area contributed by atoms with Crippen molar-refractivity contribution >= 4 is 17.8 Å². The summed E-state index contributed by atoms with van der Waals surface area (Å²) in [6.45, 7) is 18.6. The van der Waals surface area contributed by atoms with Crippen LogP contribution < -0.4 is 5.32 Å². The molecule has 0 aromatic carbocycles. The Labute approximate surface area is 201 Å². The largest absolute Gasteiger partial charge is 0.478 e. The molecule has 1 saturated heterocycles. The lowest BCUT2D eigenvalue weighted by atomic mass is 9.84. The monoisotopic (exact) mass is 465 g/mol. The number of nitrogens with zero attached hydrogens (tertiary/aromatic N) is 2. The summed E-state index contributed by atoms with van der Waals surface area (Å²) in [4.78, 5) is 42.3. The number of hydrogen-bond acceptors (Lipinski definition) is 4. The topological polar surface area (TPSA) is 90.0 Å².